The SMILES string of the molecule is C[C@@H](c1ncncc1F)[C@](O)(Cn1cncn1)c1ccc(F)cc1F.O.O=P(O)(O)O.[H-].[Na+]. The van der Waals surface area contributed by atoms with Crippen molar-refractivity contribution in [2.24, 2.45) is 0 Å². The van der Waals surface area contributed by atoms with Gasteiger partial charge < -0.3 is 26.7 Å². The van der Waals surface area contributed by atoms with E-state index in [0.717, 1.165) is 24.7 Å². The van der Waals surface area contributed by atoms with Gasteiger partial charge in [-0.2, -0.15) is 5.10 Å². The van der Waals surface area contributed by atoms with Gasteiger partial charge >= 0.3 is 37.4 Å². The molecule has 0 unspecified atom stereocenters. The summed E-state index contributed by atoms with van der Waals surface area (Å²) in [5.41, 5.74) is -2.25. The van der Waals surface area contributed by atoms with Crippen LogP contribution in [0.4, 0.5) is 13.2 Å². The zero-order chi connectivity index (χ0) is 22.5. The Labute approximate surface area is 203 Å². The monoisotopic (exact) mass is 489 g/mol. The molecule has 0 bridgehead atoms. The number of nitrogens with zero attached hydrogens (tertiary/aromatic N) is 5. The summed E-state index contributed by atoms with van der Waals surface area (Å²) < 4.78 is 51.9. The Hall–Kier alpha value is -1.74. The van der Waals surface area contributed by atoms with Crippen LogP contribution in [-0.4, -0.2) is 50.0 Å². The average Bonchev–Trinajstić information content (AvgIpc) is 3.12. The van der Waals surface area contributed by atoms with Crippen LogP contribution in [0.3, 0.4) is 0 Å². The van der Waals surface area contributed by atoms with Crippen molar-refractivity contribution in [2.75, 3.05) is 0 Å². The number of benzene rings is 1. The van der Waals surface area contributed by atoms with E-state index in [0.29, 0.717) is 6.07 Å². The predicted molar refractivity (Wildman–Crippen MR) is 99.7 cm³/mol. The average molecular weight is 489 g/mol. The van der Waals surface area contributed by atoms with Crippen LogP contribution in [0.5, 0.6) is 0 Å². The second-order valence-electron chi connectivity index (χ2n) is 6.13. The number of aromatic nitrogens is 5. The first-order valence-electron chi connectivity index (χ1n) is 8.16. The van der Waals surface area contributed by atoms with Gasteiger partial charge in [-0.3, -0.25) is 0 Å². The van der Waals surface area contributed by atoms with Crippen LogP contribution in [0.15, 0.2) is 43.4 Å². The molecule has 0 spiro atoms. The molecule has 0 saturated heterocycles. The molecule has 6 N–H and O–H groups in total. The van der Waals surface area contributed by atoms with E-state index in [-0.39, 0.29) is 54.3 Å². The van der Waals surface area contributed by atoms with Gasteiger partial charge in [0.15, 0.2) is 5.82 Å². The number of halogens is 3. The van der Waals surface area contributed by atoms with E-state index in [4.69, 9.17) is 19.2 Å². The van der Waals surface area contributed by atoms with Crippen LogP contribution in [0.25, 0.3) is 0 Å². The summed E-state index contributed by atoms with van der Waals surface area (Å²) in [6.45, 7) is 1.26. The number of phosphoric acid groups is 1. The van der Waals surface area contributed by atoms with Crippen molar-refractivity contribution in [1.82, 2.24) is 24.7 Å². The number of aliphatic hydroxyl groups is 1. The van der Waals surface area contributed by atoms with Crippen LogP contribution in [0.2, 0.25) is 0 Å². The van der Waals surface area contributed by atoms with Gasteiger partial charge in [0, 0.05) is 17.5 Å². The maximum absolute atomic E-state index is 14.4. The number of hydrogen-bond acceptors (Lipinski definition) is 6. The topological polar surface area (TPSA) is 186 Å². The molecule has 0 aliphatic rings. The molecule has 2 heterocycles. The summed E-state index contributed by atoms with van der Waals surface area (Å²) in [5, 5.41) is 15.2. The van der Waals surface area contributed by atoms with E-state index in [1.807, 2.05) is 0 Å². The van der Waals surface area contributed by atoms with Crippen LogP contribution in [0.1, 0.15) is 25.5 Å². The zero-order valence-corrected chi connectivity index (χ0v) is 19.7. The molecule has 3 aromatic rings. The van der Waals surface area contributed by atoms with Gasteiger partial charge in [0.1, 0.15) is 36.2 Å². The van der Waals surface area contributed by atoms with Gasteiger partial charge in [-0.1, -0.05) is 13.0 Å². The molecular weight excluding hydrogens is 469 g/mol. The fraction of sp³-hybridized carbons (Fsp3) is 0.250. The standard InChI is InChI=1S/C16H14F3N5O.Na.H3O4P.H2O.H/c1-10(15-14(19)5-20-7-22-15)16(25,6-24-9-21-8-23-24)12-3-2-11(17)4-13(12)18;;1-5(2,3)4;;/h2-5,7-10,25H,6H2,1H3;;(H3,1,2,3,4);1H2;/q;+1;;;-1/t10-,16+;;;;/m0..../s1. The number of hydrogen-bond donors (Lipinski definition) is 4. The van der Waals surface area contributed by atoms with E-state index in [1.54, 1.807) is 0 Å². The summed E-state index contributed by atoms with van der Waals surface area (Å²) in [7, 11) is -4.64. The maximum Gasteiger partial charge on any atom is 1.00 e. The molecule has 0 fully saturated rings. The molecule has 2 atom stereocenters. The molecule has 32 heavy (non-hydrogen) atoms. The van der Waals surface area contributed by atoms with Crippen molar-refractivity contribution in [2.45, 2.75) is 25.0 Å². The van der Waals surface area contributed by atoms with Crippen LogP contribution < -0.4 is 29.6 Å². The normalized spacial score (nSPS) is 13.5. The third-order valence-corrected chi connectivity index (χ3v) is 4.09. The Bertz CT molecular complexity index is 1040. The summed E-state index contributed by atoms with van der Waals surface area (Å²) in [5.74, 6) is -3.47. The van der Waals surface area contributed by atoms with Gasteiger partial charge in [-0.15, -0.1) is 0 Å². The Morgan fingerprint density at radius 1 is 1.16 bits per heavy atom. The minimum Gasteiger partial charge on any atom is -1.00 e. The van der Waals surface area contributed by atoms with Crippen molar-refractivity contribution in [3.8, 4) is 0 Å². The van der Waals surface area contributed by atoms with E-state index in [1.165, 1.54) is 24.3 Å². The first-order chi connectivity index (χ1) is 13.9. The molecule has 2 aromatic heterocycles. The fourth-order valence-electron chi connectivity index (χ4n) is 2.72. The van der Waals surface area contributed by atoms with Crippen molar-refractivity contribution in [3.05, 3.63) is 72.1 Å². The third kappa shape index (κ3) is 8.31. The van der Waals surface area contributed by atoms with Gasteiger partial charge in [-0.05, 0) is 6.07 Å². The molecule has 11 nitrogen and oxygen atoms in total. The molecule has 1 aromatic carbocycles. The Morgan fingerprint density at radius 3 is 2.28 bits per heavy atom. The second-order valence-corrected chi connectivity index (χ2v) is 7.16. The van der Waals surface area contributed by atoms with E-state index >= 15 is 0 Å². The quantitative estimate of drug-likeness (QED) is 0.223. The summed E-state index contributed by atoms with van der Waals surface area (Å²) in [6, 6.07) is 2.80. The van der Waals surface area contributed by atoms with Gasteiger partial charge in [0.2, 0.25) is 0 Å². The first-order valence-corrected chi connectivity index (χ1v) is 9.72. The Balaban J connectivity index is 0. The molecule has 0 aliphatic heterocycles. The van der Waals surface area contributed by atoms with Crippen molar-refractivity contribution >= 4 is 7.82 Å². The molecule has 16 heteroatoms. The molecule has 172 valence electrons. The summed E-state index contributed by atoms with van der Waals surface area (Å²) in [4.78, 5) is 32.8. The Kier molecular flexibility index (Phi) is 11.8. The summed E-state index contributed by atoms with van der Waals surface area (Å²) in [6.07, 6.45) is 4.66. The molecule has 3 rings (SSSR count). The van der Waals surface area contributed by atoms with Crippen LogP contribution >= 0.6 is 7.82 Å². The largest absolute Gasteiger partial charge is 1.00 e. The summed E-state index contributed by atoms with van der Waals surface area (Å²) >= 11 is 0. The van der Waals surface area contributed by atoms with Gasteiger partial charge in [0.25, 0.3) is 0 Å². The maximum atomic E-state index is 14.4. The molecule has 0 saturated carbocycles. The van der Waals surface area contributed by atoms with Crippen LogP contribution in [-0.2, 0) is 16.7 Å². The predicted octanol–water partition coefficient (Wildman–Crippen LogP) is -2.46. The Morgan fingerprint density at radius 2 is 1.78 bits per heavy atom. The van der Waals surface area contributed by atoms with Gasteiger partial charge in [-0.25, -0.2) is 37.4 Å². The van der Waals surface area contributed by atoms with E-state index < -0.39 is 36.8 Å². The third-order valence-electron chi connectivity index (χ3n) is 4.09. The minimum atomic E-state index is -4.64. The van der Waals surface area contributed by atoms with E-state index in [9.17, 15) is 18.3 Å². The smallest absolute Gasteiger partial charge is 1.00 e. The second kappa shape index (κ2) is 12.5. The first kappa shape index (κ1) is 30.3. The number of rotatable bonds is 5. The fourth-order valence-corrected chi connectivity index (χ4v) is 2.72. The molecule has 0 aliphatic carbocycles. The van der Waals surface area contributed by atoms with Crippen LogP contribution in [0, 0.1) is 17.5 Å². The van der Waals surface area contributed by atoms with Crippen molar-refractivity contribution in [3.63, 3.8) is 0 Å². The molecule has 0 radical (unpaired) electrons. The van der Waals surface area contributed by atoms with Crippen molar-refractivity contribution in [1.29, 1.82) is 0 Å². The van der Waals surface area contributed by atoms with Gasteiger partial charge in [0.05, 0.1) is 18.4 Å². The molecule has 0 amide bonds. The zero-order valence-electron chi connectivity index (χ0n) is 17.8. The minimum absolute atomic E-state index is 0. The van der Waals surface area contributed by atoms with Crippen molar-refractivity contribution < 1.29 is 74.0 Å². The van der Waals surface area contributed by atoms with E-state index in [2.05, 4.69) is 20.1 Å². The molecular formula is C16H20F3N5NaO6P.